The summed E-state index contributed by atoms with van der Waals surface area (Å²) in [6.07, 6.45) is 8.01. The molecular weight excluding hydrogens is 346 g/mol. The molecule has 0 aliphatic carbocycles. The molecule has 0 saturated heterocycles. The maximum atomic E-state index is 5.54. The fraction of sp³-hybridized carbons (Fsp3) is 0.333. The van der Waals surface area contributed by atoms with E-state index in [-0.39, 0.29) is 6.04 Å². The molecule has 9 heteroatoms. The SMILES string of the molecule is COCC[C@@H](C)Nc1nc(OC)c2c(-c3cnc4[n+](c3)=C=CN=4)ccn2n1. The minimum absolute atomic E-state index is 0.172. The highest BCUT2D eigenvalue weighted by Gasteiger charge is 2.17. The molecule has 3 aromatic rings. The van der Waals surface area contributed by atoms with Gasteiger partial charge < -0.3 is 14.8 Å². The largest absolute Gasteiger partial charge is 0.479 e. The van der Waals surface area contributed by atoms with Gasteiger partial charge in [0.15, 0.2) is 6.20 Å². The Labute approximate surface area is 155 Å². The Kier molecular flexibility index (Phi) is 4.53. The molecule has 0 radical (unpaired) electrons. The van der Waals surface area contributed by atoms with E-state index in [1.54, 1.807) is 35.4 Å². The van der Waals surface area contributed by atoms with Crippen LogP contribution in [0.25, 0.3) is 16.6 Å². The van der Waals surface area contributed by atoms with Gasteiger partial charge in [-0.2, -0.15) is 9.23 Å². The lowest BCUT2D eigenvalue weighted by molar-refractivity contribution is -0.522. The van der Waals surface area contributed by atoms with Gasteiger partial charge in [-0.1, -0.05) is 9.98 Å². The molecule has 27 heavy (non-hydrogen) atoms. The lowest BCUT2D eigenvalue weighted by Gasteiger charge is -2.14. The summed E-state index contributed by atoms with van der Waals surface area (Å²) in [5, 5.41) is 7.84. The molecular formula is C18H20N7O2+. The quantitative estimate of drug-likeness (QED) is 0.618. The number of hydrogen-bond donors (Lipinski definition) is 1. The predicted molar refractivity (Wildman–Crippen MR) is 96.9 cm³/mol. The Morgan fingerprint density at radius 3 is 3.07 bits per heavy atom. The Balaban J connectivity index is 1.74. The van der Waals surface area contributed by atoms with Crippen LogP contribution in [0.3, 0.4) is 0 Å². The summed E-state index contributed by atoms with van der Waals surface area (Å²) in [5.41, 5.74) is 3.19. The zero-order valence-corrected chi connectivity index (χ0v) is 15.4. The molecule has 4 rings (SSSR count). The van der Waals surface area contributed by atoms with Crippen molar-refractivity contribution in [2.45, 2.75) is 19.4 Å². The zero-order chi connectivity index (χ0) is 18.8. The second-order valence-electron chi connectivity index (χ2n) is 6.19. The van der Waals surface area contributed by atoms with Crippen LogP contribution in [-0.4, -0.2) is 46.5 Å². The Morgan fingerprint density at radius 2 is 2.26 bits per heavy atom. The van der Waals surface area contributed by atoms with Crippen molar-refractivity contribution in [3.8, 4) is 17.0 Å². The zero-order valence-electron chi connectivity index (χ0n) is 15.4. The van der Waals surface area contributed by atoms with Gasteiger partial charge in [0.25, 0.3) is 0 Å². The van der Waals surface area contributed by atoms with Gasteiger partial charge >= 0.3 is 5.62 Å². The van der Waals surface area contributed by atoms with Crippen LogP contribution in [0.15, 0.2) is 35.8 Å². The van der Waals surface area contributed by atoms with E-state index in [9.17, 15) is 0 Å². The summed E-state index contributed by atoms with van der Waals surface area (Å²) in [6.45, 7) is 2.73. The highest BCUT2D eigenvalue weighted by atomic mass is 16.5. The first kappa shape index (κ1) is 17.1. The van der Waals surface area contributed by atoms with Gasteiger partial charge in [-0.15, -0.1) is 5.10 Å². The molecule has 1 aliphatic rings. The molecule has 0 bridgehead atoms. The molecule has 4 heterocycles. The molecule has 138 valence electrons. The number of nitrogens with one attached hydrogen (secondary N) is 1. The van der Waals surface area contributed by atoms with Crippen LogP contribution in [0.5, 0.6) is 5.88 Å². The maximum absolute atomic E-state index is 5.54. The molecule has 0 unspecified atom stereocenters. The van der Waals surface area contributed by atoms with Crippen LogP contribution in [-0.2, 0) is 4.74 Å². The van der Waals surface area contributed by atoms with Crippen LogP contribution in [0.2, 0.25) is 0 Å². The van der Waals surface area contributed by atoms with Gasteiger partial charge in [-0.3, -0.25) is 0 Å². The van der Waals surface area contributed by atoms with Gasteiger partial charge in [0.2, 0.25) is 11.8 Å². The third-order valence-electron chi connectivity index (χ3n) is 4.29. The average Bonchev–Trinajstić information content (AvgIpc) is 3.31. The van der Waals surface area contributed by atoms with Crippen LogP contribution < -0.4 is 19.9 Å². The van der Waals surface area contributed by atoms with Crippen molar-refractivity contribution < 1.29 is 13.7 Å². The normalized spacial score (nSPS) is 13.1. The number of nitrogens with zero attached hydrogens (tertiary/aromatic N) is 6. The number of rotatable bonds is 7. The van der Waals surface area contributed by atoms with Crippen molar-refractivity contribution in [2.75, 3.05) is 26.1 Å². The summed E-state index contributed by atoms with van der Waals surface area (Å²) in [4.78, 5) is 13.0. The molecule has 0 saturated carbocycles. The second-order valence-corrected chi connectivity index (χ2v) is 6.19. The number of aromatic nitrogens is 5. The van der Waals surface area contributed by atoms with Gasteiger partial charge in [0.05, 0.1) is 24.7 Å². The first-order valence-electron chi connectivity index (χ1n) is 8.59. The van der Waals surface area contributed by atoms with Crippen molar-refractivity contribution >= 4 is 11.5 Å². The summed E-state index contributed by atoms with van der Waals surface area (Å²) in [7, 11) is 3.29. The van der Waals surface area contributed by atoms with E-state index < -0.39 is 0 Å². The molecule has 9 nitrogen and oxygen atoms in total. The predicted octanol–water partition coefficient (Wildman–Crippen LogP) is 0.680. The van der Waals surface area contributed by atoms with Crippen molar-refractivity contribution in [1.29, 1.82) is 0 Å². The molecule has 0 amide bonds. The number of anilines is 1. The third kappa shape index (κ3) is 3.25. The lowest BCUT2D eigenvalue weighted by atomic mass is 10.1. The first-order valence-corrected chi connectivity index (χ1v) is 8.59. The van der Waals surface area contributed by atoms with Crippen LogP contribution in [0, 0.1) is 5.87 Å². The second kappa shape index (κ2) is 7.14. The van der Waals surface area contributed by atoms with E-state index in [2.05, 4.69) is 38.2 Å². The van der Waals surface area contributed by atoms with E-state index in [0.717, 1.165) is 23.1 Å². The van der Waals surface area contributed by atoms with Gasteiger partial charge in [0.1, 0.15) is 11.7 Å². The smallest absolute Gasteiger partial charge is 0.446 e. The van der Waals surface area contributed by atoms with Gasteiger partial charge in [-0.25, -0.2) is 4.52 Å². The third-order valence-corrected chi connectivity index (χ3v) is 4.29. The van der Waals surface area contributed by atoms with E-state index in [1.807, 2.05) is 18.5 Å². The molecule has 0 aromatic carbocycles. The molecule has 1 N–H and O–H groups in total. The lowest BCUT2D eigenvalue weighted by Crippen LogP contribution is -2.36. The van der Waals surface area contributed by atoms with E-state index >= 15 is 0 Å². The number of fused-ring (bicyclic) bond motifs is 2. The molecule has 0 fully saturated rings. The summed E-state index contributed by atoms with van der Waals surface area (Å²) >= 11 is 0. The van der Waals surface area contributed by atoms with Crippen LogP contribution in [0.4, 0.5) is 5.95 Å². The summed E-state index contributed by atoms with van der Waals surface area (Å²) in [5.74, 6) is 3.99. The van der Waals surface area contributed by atoms with Crippen molar-refractivity contribution in [2.24, 2.45) is 4.99 Å². The number of hydrogen-bond acceptors (Lipinski definition) is 7. The van der Waals surface area contributed by atoms with Crippen LogP contribution >= 0.6 is 0 Å². The molecule has 1 atom stereocenters. The standard InChI is InChI=1S/C18H20N7O2/c1-12(5-9-26-2)21-17-22-16(27-3)15-14(4-7-25(15)23-17)13-10-20-18-19-6-8-24(18)11-13/h4,6-7,10-12H,5,9H2,1-3H3,(H,21,23)/q+1/t12-/m1/s1. The fourth-order valence-corrected chi connectivity index (χ4v) is 2.91. The molecule has 3 aromatic heterocycles. The highest BCUT2D eigenvalue weighted by Crippen LogP contribution is 2.30. The van der Waals surface area contributed by atoms with Crippen LogP contribution in [0.1, 0.15) is 13.3 Å². The Hall–Kier alpha value is -3.29. The number of ether oxygens (including phenoxy) is 2. The first-order chi connectivity index (χ1) is 13.2. The molecule has 0 spiro atoms. The van der Waals surface area contributed by atoms with Gasteiger partial charge in [0, 0.05) is 31.5 Å². The van der Waals surface area contributed by atoms with Crippen molar-refractivity contribution in [1.82, 2.24) is 19.6 Å². The van der Waals surface area contributed by atoms with Gasteiger partial charge in [-0.05, 0) is 19.4 Å². The monoisotopic (exact) mass is 366 g/mol. The number of methoxy groups -OCH3 is 2. The van der Waals surface area contributed by atoms with E-state index in [1.165, 1.54) is 0 Å². The summed E-state index contributed by atoms with van der Waals surface area (Å²) in [6, 6.07) is 2.13. The highest BCUT2D eigenvalue weighted by molar-refractivity contribution is 5.83. The minimum Gasteiger partial charge on any atom is -0.479 e. The Bertz CT molecular complexity index is 1150. The van der Waals surface area contributed by atoms with E-state index in [4.69, 9.17) is 9.47 Å². The maximum Gasteiger partial charge on any atom is 0.446 e. The van der Waals surface area contributed by atoms with E-state index in [0.29, 0.717) is 24.1 Å². The molecule has 1 aliphatic heterocycles. The van der Waals surface area contributed by atoms with Crippen molar-refractivity contribution in [3.05, 3.63) is 42.3 Å². The summed E-state index contributed by atoms with van der Waals surface area (Å²) < 4.78 is 14.2. The minimum atomic E-state index is 0.172. The van der Waals surface area contributed by atoms with Crippen molar-refractivity contribution in [3.63, 3.8) is 0 Å². The Morgan fingerprint density at radius 1 is 1.37 bits per heavy atom. The average molecular weight is 366 g/mol. The topological polar surface area (TPSA) is 91.8 Å². The fourth-order valence-electron chi connectivity index (χ4n) is 2.91.